The van der Waals surface area contributed by atoms with Gasteiger partial charge in [0.15, 0.2) is 0 Å². The molecule has 1 fully saturated rings. The molecular weight excluding hydrogens is 695 g/mol. The lowest BCUT2D eigenvalue weighted by molar-refractivity contribution is -0.152. The van der Waals surface area contributed by atoms with E-state index in [0.29, 0.717) is 56.8 Å². The predicted octanol–water partition coefficient (Wildman–Crippen LogP) is 4.66. The number of H-pyrrole nitrogens is 1. The van der Waals surface area contributed by atoms with Gasteiger partial charge in [-0.3, -0.25) is 19.3 Å². The van der Waals surface area contributed by atoms with Crippen molar-refractivity contribution in [1.82, 2.24) is 20.2 Å². The summed E-state index contributed by atoms with van der Waals surface area (Å²) in [5, 5.41) is 3.39. The number of nitrogens with zero attached hydrogens (tertiary/aromatic N) is 2. The molecule has 0 spiro atoms. The normalized spacial score (nSPS) is 17.2. The van der Waals surface area contributed by atoms with Crippen molar-refractivity contribution in [2.24, 2.45) is 0 Å². The minimum absolute atomic E-state index is 0.0426. The summed E-state index contributed by atoms with van der Waals surface area (Å²) in [5.41, 5.74) is 1.18. The number of hydrogen-bond acceptors (Lipinski definition) is 10. The van der Waals surface area contributed by atoms with E-state index in [0.717, 1.165) is 6.42 Å². The number of nitrogens with one attached hydrogen (secondary N) is 2. The summed E-state index contributed by atoms with van der Waals surface area (Å²) in [6, 6.07) is 8.97. The average molecular weight is 730 g/mol. The Kier molecular flexibility index (Phi) is 12.5. The van der Waals surface area contributed by atoms with Gasteiger partial charge in [-0.2, -0.15) is 0 Å². The molecule has 5 rings (SSSR count). The molecule has 2 aliphatic heterocycles. The van der Waals surface area contributed by atoms with Gasteiger partial charge in [-0.05, 0) is 54.5 Å². The number of aromatic amines is 1. The molecule has 0 saturated carbocycles. The molecule has 2 aromatic carbocycles. The maximum absolute atomic E-state index is 13.2. The molecule has 0 aliphatic carbocycles. The third-order valence-electron chi connectivity index (χ3n) is 7.31. The first-order valence-electron chi connectivity index (χ1n) is 15.4. The number of benzene rings is 2. The van der Waals surface area contributed by atoms with E-state index in [9.17, 15) is 19.2 Å². The van der Waals surface area contributed by atoms with Gasteiger partial charge in [0, 0.05) is 22.4 Å². The summed E-state index contributed by atoms with van der Waals surface area (Å²) >= 11 is 13.7. The molecule has 2 aliphatic rings. The molecule has 1 saturated heterocycles. The Morgan fingerprint density at radius 2 is 1.88 bits per heavy atom. The smallest absolute Gasteiger partial charge is 0.355 e. The number of amides is 2. The number of β-lactam (4-membered cyclic amide) rings is 1. The molecular formula is C34H34Cl2N4O8S. The van der Waals surface area contributed by atoms with Crippen LogP contribution in [0.3, 0.4) is 0 Å². The summed E-state index contributed by atoms with van der Waals surface area (Å²) in [5.74, 6) is -0.541. The molecule has 2 atom stereocenters. The highest BCUT2D eigenvalue weighted by molar-refractivity contribution is 8.00. The molecule has 3 aromatic rings. The molecule has 0 bridgehead atoms. The molecule has 2 amide bonds. The van der Waals surface area contributed by atoms with Crippen LogP contribution in [-0.4, -0.2) is 89.5 Å². The molecule has 15 heteroatoms. The first kappa shape index (κ1) is 36.1. The van der Waals surface area contributed by atoms with E-state index in [1.165, 1.54) is 22.7 Å². The predicted molar refractivity (Wildman–Crippen MR) is 188 cm³/mol. The van der Waals surface area contributed by atoms with Gasteiger partial charge < -0.3 is 29.2 Å². The SMILES string of the molecule is C=CCOC(=O)C1=C(/C=C/COc2ccc(Cl)cc2-c2nc3ccc(Cl)cc3c(=O)[nH]2)CSC2[C@H](NC(=O)COCCOCCC)C(=O)N12. The van der Waals surface area contributed by atoms with Gasteiger partial charge in [0.1, 0.15) is 48.5 Å². The summed E-state index contributed by atoms with van der Waals surface area (Å²) in [6.07, 6.45) is 5.70. The van der Waals surface area contributed by atoms with Crippen LogP contribution in [0.5, 0.6) is 5.75 Å². The number of allylic oxidation sites excluding steroid dienone is 1. The Hall–Kier alpha value is -4.14. The largest absolute Gasteiger partial charge is 0.489 e. The van der Waals surface area contributed by atoms with Crippen molar-refractivity contribution >= 4 is 63.7 Å². The lowest BCUT2D eigenvalue weighted by Crippen LogP contribution is -2.70. The summed E-state index contributed by atoms with van der Waals surface area (Å²) in [4.78, 5) is 60.3. The number of hydrogen-bond donors (Lipinski definition) is 2. The molecule has 258 valence electrons. The van der Waals surface area contributed by atoms with E-state index in [4.69, 9.17) is 42.1 Å². The van der Waals surface area contributed by atoms with Crippen LogP contribution in [0.4, 0.5) is 0 Å². The van der Waals surface area contributed by atoms with Crippen LogP contribution in [0.1, 0.15) is 13.3 Å². The maximum Gasteiger partial charge on any atom is 0.355 e. The van der Waals surface area contributed by atoms with Crippen LogP contribution in [0.25, 0.3) is 22.3 Å². The van der Waals surface area contributed by atoms with Gasteiger partial charge in [0.2, 0.25) is 5.91 Å². The minimum Gasteiger partial charge on any atom is -0.489 e. The van der Waals surface area contributed by atoms with Gasteiger partial charge in [-0.25, -0.2) is 9.78 Å². The lowest BCUT2D eigenvalue weighted by atomic mass is 10.0. The summed E-state index contributed by atoms with van der Waals surface area (Å²) in [7, 11) is 0. The van der Waals surface area contributed by atoms with Gasteiger partial charge in [-0.1, -0.05) is 48.9 Å². The van der Waals surface area contributed by atoms with Crippen molar-refractivity contribution in [3.63, 3.8) is 0 Å². The number of thioether (sulfide) groups is 1. The van der Waals surface area contributed by atoms with Gasteiger partial charge in [0.25, 0.3) is 11.5 Å². The number of aromatic nitrogens is 2. The topological polar surface area (TPSA) is 149 Å². The minimum atomic E-state index is -0.816. The highest BCUT2D eigenvalue weighted by Gasteiger charge is 2.54. The third kappa shape index (κ3) is 8.72. The van der Waals surface area contributed by atoms with Crippen molar-refractivity contribution < 1.29 is 33.3 Å². The van der Waals surface area contributed by atoms with Crippen LogP contribution >= 0.6 is 35.0 Å². The fourth-order valence-corrected chi connectivity index (χ4v) is 6.75. The monoisotopic (exact) mass is 728 g/mol. The van der Waals surface area contributed by atoms with Crippen LogP contribution in [0, 0.1) is 0 Å². The Morgan fingerprint density at radius 3 is 2.67 bits per heavy atom. The van der Waals surface area contributed by atoms with Gasteiger partial charge in [0.05, 0.1) is 29.7 Å². The number of ether oxygens (including phenoxy) is 4. The van der Waals surface area contributed by atoms with Gasteiger partial charge in [-0.15, -0.1) is 11.8 Å². The summed E-state index contributed by atoms with van der Waals surface area (Å²) in [6.45, 7) is 6.62. The van der Waals surface area contributed by atoms with Crippen molar-refractivity contribution in [2.75, 3.05) is 45.4 Å². The Balaban J connectivity index is 1.28. The highest BCUT2D eigenvalue weighted by Crippen LogP contribution is 2.41. The Morgan fingerprint density at radius 1 is 1.10 bits per heavy atom. The van der Waals surface area contributed by atoms with E-state index in [1.807, 2.05) is 6.92 Å². The van der Waals surface area contributed by atoms with E-state index >= 15 is 0 Å². The second kappa shape index (κ2) is 17.0. The van der Waals surface area contributed by atoms with E-state index in [1.54, 1.807) is 48.6 Å². The standard InChI is InChI=1S/C34H34Cl2N4O8S/c1-3-11-45-14-15-46-18-27(41)38-28-32(43)40-29(34(44)48-12-4-2)20(19-49-33(28)40)6-5-13-47-26-10-8-22(36)17-24(26)30-37-25-9-7-21(35)16-23(25)31(42)39-30/h4-10,16-17,28,33H,2-3,11-15,18-19H2,1H3,(H,38,41)(H,37,39,42)/b6-5+/t28-,33?/m1/s1. The lowest BCUT2D eigenvalue weighted by Gasteiger charge is -2.49. The molecule has 49 heavy (non-hydrogen) atoms. The van der Waals surface area contributed by atoms with Crippen molar-refractivity contribution in [2.45, 2.75) is 24.8 Å². The zero-order valence-corrected chi connectivity index (χ0v) is 28.9. The van der Waals surface area contributed by atoms with Crippen LogP contribution in [0.2, 0.25) is 10.0 Å². The second-order valence-corrected chi connectivity index (χ2v) is 12.8. The highest BCUT2D eigenvalue weighted by atomic mass is 35.5. The number of esters is 1. The Labute approximate surface area is 296 Å². The van der Waals surface area contributed by atoms with Crippen molar-refractivity contribution in [3.8, 4) is 17.1 Å². The number of fused-ring (bicyclic) bond motifs is 2. The van der Waals surface area contributed by atoms with Crippen LogP contribution in [-0.2, 0) is 28.6 Å². The summed E-state index contributed by atoms with van der Waals surface area (Å²) < 4.78 is 22.0. The zero-order valence-electron chi connectivity index (χ0n) is 26.5. The Bertz CT molecular complexity index is 1860. The molecule has 1 aromatic heterocycles. The fourth-order valence-electron chi connectivity index (χ4n) is 5.09. The van der Waals surface area contributed by atoms with Crippen LogP contribution < -0.4 is 15.6 Å². The molecule has 3 heterocycles. The third-order valence-corrected chi connectivity index (χ3v) is 9.08. The number of rotatable bonds is 16. The van der Waals surface area contributed by atoms with E-state index < -0.39 is 29.2 Å². The van der Waals surface area contributed by atoms with Crippen molar-refractivity contribution in [1.29, 1.82) is 0 Å². The molecule has 0 radical (unpaired) electrons. The van der Waals surface area contributed by atoms with Crippen LogP contribution in [0.15, 0.2) is 77.3 Å². The average Bonchev–Trinajstić information content (AvgIpc) is 3.09. The van der Waals surface area contributed by atoms with Gasteiger partial charge >= 0.3 is 5.97 Å². The fraction of sp³-hybridized carbons (Fsp3) is 0.324. The quantitative estimate of drug-likeness (QED) is 0.0924. The van der Waals surface area contributed by atoms with E-state index in [-0.39, 0.29) is 43.5 Å². The number of carbonyl (C=O) groups is 3. The number of halogens is 2. The second-order valence-electron chi connectivity index (χ2n) is 10.8. The molecule has 2 N–H and O–H groups in total. The first-order chi connectivity index (χ1) is 23.7. The zero-order chi connectivity index (χ0) is 34.9. The molecule has 12 nitrogen and oxygen atoms in total. The first-order valence-corrected chi connectivity index (χ1v) is 17.2. The maximum atomic E-state index is 13.2. The number of carbonyl (C=O) groups excluding carboxylic acids is 3. The van der Waals surface area contributed by atoms with Crippen molar-refractivity contribution in [3.05, 3.63) is 92.9 Å². The van der Waals surface area contributed by atoms with E-state index in [2.05, 4.69) is 21.9 Å². The molecule has 1 unspecified atom stereocenters.